The third-order valence-electron chi connectivity index (χ3n) is 3.33. The van der Waals surface area contributed by atoms with Crippen LogP contribution in [0.3, 0.4) is 0 Å². The molecule has 0 aromatic heterocycles. The number of hydrogen-bond acceptors (Lipinski definition) is 2. The van der Waals surface area contributed by atoms with Gasteiger partial charge in [-0.1, -0.05) is 13.8 Å². The molecule has 74 valence electrons. The molecular formula is C11H20N2. The quantitative estimate of drug-likeness (QED) is 0.619. The van der Waals surface area contributed by atoms with Crippen LogP contribution in [-0.4, -0.2) is 23.5 Å². The van der Waals surface area contributed by atoms with Crippen molar-refractivity contribution in [3.63, 3.8) is 0 Å². The molecule has 0 N–H and O–H groups in total. The van der Waals surface area contributed by atoms with Gasteiger partial charge in [0, 0.05) is 12.6 Å². The van der Waals surface area contributed by atoms with E-state index in [1.54, 1.807) is 0 Å². The number of rotatable bonds is 1. The molecule has 1 aliphatic heterocycles. The lowest BCUT2D eigenvalue weighted by Gasteiger charge is -2.42. The minimum absolute atomic E-state index is 0.0696. The summed E-state index contributed by atoms with van der Waals surface area (Å²) in [6.45, 7) is 9.89. The van der Waals surface area contributed by atoms with Crippen LogP contribution in [0.15, 0.2) is 0 Å². The normalized spacial score (nSPS) is 38.2. The Morgan fingerprint density at radius 2 is 2.00 bits per heavy atom. The summed E-state index contributed by atoms with van der Waals surface area (Å²) in [5.74, 6) is 1.46. The Hall–Kier alpha value is -0.550. The summed E-state index contributed by atoms with van der Waals surface area (Å²) in [5, 5.41) is 8.89. The maximum absolute atomic E-state index is 8.89. The average Bonchev–Trinajstić information content (AvgIpc) is 2.10. The number of hydrogen-bond donors (Lipinski definition) is 0. The predicted octanol–water partition coefficient (Wildman–Crippen LogP) is 2.26. The van der Waals surface area contributed by atoms with Gasteiger partial charge < -0.3 is 0 Å². The summed E-state index contributed by atoms with van der Waals surface area (Å²) in [4.78, 5) is 2.33. The van der Waals surface area contributed by atoms with Crippen molar-refractivity contribution in [2.75, 3.05) is 6.54 Å². The van der Waals surface area contributed by atoms with Gasteiger partial charge in [0.1, 0.15) is 0 Å². The lowest BCUT2D eigenvalue weighted by atomic mass is 9.85. The lowest BCUT2D eigenvalue weighted by Crippen LogP contribution is -2.49. The molecule has 2 heteroatoms. The Labute approximate surface area is 81.5 Å². The van der Waals surface area contributed by atoms with Crippen molar-refractivity contribution in [2.24, 2.45) is 11.8 Å². The van der Waals surface area contributed by atoms with Crippen molar-refractivity contribution in [2.45, 2.75) is 46.2 Å². The van der Waals surface area contributed by atoms with Crippen molar-refractivity contribution in [3.05, 3.63) is 0 Å². The Kier molecular flexibility index (Phi) is 3.33. The molecule has 0 radical (unpaired) electrons. The lowest BCUT2D eigenvalue weighted by molar-refractivity contribution is 0.0645. The van der Waals surface area contributed by atoms with Crippen LogP contribution in [0.4, 0.5) is 0 Å². The van der Waals surface area contributed by atoms with E-state index in [1.807, 2.05) is 6.92 Å². The predicted molar refractivity (Wildman–Crippen MR) is 54.2 cm³/mol. The molecule has 0 spiro atoms. The second kappa shape index (κ2) is 4.11. The first-order valence-corrected chi connectivity index (χ1v) is 5.21. The van der Waals surface area contributed by atoms with Crippen molar-refractivity contribution >= 4 is 0 Å². The number of piperidine rings is 1. The monoisotopic (exact) mass is 180 g/mol. The fraction of sp³-hybridized carbons (Fsp3) is 0.909. The highest BCUT2D eigenvalue weighted by Crippen LogP contribution is 2.28. The van der Waals surface area contributed by atoms with E-state index in [0.29, 0.717) is 6.04 Å². The highest BCUT2D eigenvalue weighted by molar-refractivity contribution is 4.94. The molecule has 0 saturated carbocycles. The van der Waals surface area contributed by atoms with Crippen molar-refractivity contribution < 1.29 is 0 Å². The molecule has 1 heterocycles. The van der Waals surface area contributed by atoms with Crippen molar-refractivity contribution in [3.8, 4) is 6.07 Å². The zero-order valence-corrected chi connectivity index (χ0v) is 9.12. The van der Waals surface area contributed by atoms with E-state index in [4.69, 9.17) is 5.26 Å². The third kappa shape index (κ3) is 2.22. The van der Waals surface area contributed by atoms with Crippen molar-refractivity contribution in [1.82, 2.24) is 4.90 Å². The zero-order valence-electron chi connectivity index (χ0n) is 9.12. The molecule has 1 saturated heterocycles. The van der Waals surface area contributed by atoms with E-state index in [2.05, 4.69) is 31.7 Å². The molecule has 0 aliphatic carbocycles. The van der Waals surface area contributed by atoms with Gasteiger partial charge in [-0.05, 0) is 32.1 Å². The standard InChI is InChI=1S/C11H20N2/c1-8-5-9(2)11(4)13(7-8)10(3)6-12/h8-11H,5,7H2,1-4H3. The first kappa shape index (κ1) is 10.5. The highest BCUT2D eigenvalue weighted by atomic mass is 15.2. The maximum atomic E-state index is 8.89. The van der Waals surface area contributed by atoms with E-state index in [9.17, 15) is 0 Å². The first-order chi connectivity index (χ1) is 6.06. The molecular weight excluding hydrogens is 160 g/mol. The van der Waals surface area contributed by atoms with Crippen LogP contribution in [0.5, 0.6) is 0 Å². The van der Waals surface area contributed by atoms with Gasteiger partial charge in [0.25, 0.3) is 0 Å². The first-order valence-electron chi connectivity index (χ1n) is 5.21. The van der Waals surface area contributed by atoms with Gasteiger partial charge in [0.2, 0.25) is 0 Å². The van der Waals surface area contributed by atoms with Gasteiger partial charge in [-0.2, -0.15) is 5.26 Å². The molecule has 2 nitrogen and oxygen atoms in total. The summed E-state index contributed by atoms with van der Waals surface area (Å²) in [5.41, 5.74) is 0. The van der Waals surface area contributed by atoms with E-state index in [1.165, 1.54) is 6.42 Å². The summed E-state index contributed by atoms with van der Waals surface area (Å²) < 4.78 is 0. The Bertz CT molecular complexity index is 207. The molecule has 1 fully saturated rings. The van der Waals surface area contributed by atoms with E-state index >= 15 is 0 Å². The van der Waals surface area contributed by atoms with Crippen LogP contribution in [0.2, 0.25) is 0 Å². The fourth-order valence-corrected chi connectivity index (χ4v) is 2.34. The summed E-state index contributed by atoms with van der Waals surface area (Å²) in [6, 6.07) is 2.96. The highest BCUT2D eigenvalue weighted by Gasteiger charge is 2.31. The largest absolute Gasteiger partial charge is 0.285 e. The second-order valence-corrected chi connectivity index (χ2v) is 4.56. The van der Waals surface area contributed by atoms with Crippen LogP contribution in [0.1, 0.15) is 34.1 Å². The fourth-order valence-electron chi connectivity index (χ4n) is 2.34. The van der Waals surface area contributed by atoms with Crippen molar-refractivity contribution in [1.29, 1.82) is 5.26 Å². The third-order valence-corrected chi connectivity index (χ3v) is 3.33. The van der Waals surface area contributed by atoms with E-state index in [-0.39, 0.29) is 6.04 Å². The minimum atomic E-state index is 0.0696. The second-order valence-electron chi connectivity index (χ2n) is 4.56. The van der Waals surface area contributed by atoms with Gasteiger partial charge in [-0.25, -0.2) is 0 Å². The van der Waals surface area contributed by atoms with Crippen LogP contribution in [0.25, 0.3) is 0 Å². The topological polar surface area (TPSA) is 27.0 Å². The minimum Gasteiger partial charge on any atom is -0.285 e. The molecule has 0 aromatic carbocycles. The number of likely N-dealkylation sites (tertiary alicyclic amines) is 1. The average molecular weight is 180 g/mol. The Morgan fingerprint density at radius 1 is 1.38 bits per heavy atom. The van der Waals surface area contributed by atoms with E-state index < -0.39 is 0 Å². The molecule has 0 aromatic rings. The van der Waals surface area contributed by atoms with Crippen LogP contribution >= 0.6 is 0 Å². The Balaban J connectivity index is 2.67. The molecule has 0 bridgehead atoms. The van der Waals surface area contributed by atoms with Crippen LogP contribution in [-0.2, 0) is 0 Å². The molecule has 0 amide bonds. The molecule has 1 aliphatic rings. The number of nitriles is 1. The smallest absolute Gasteiger partial charge is 0.0951 e. The Morgan fingerprint density at radius 3 is 2.54 bits per heavy atom. The van der Waals surface area contributed by atoms with Gasteiger partial charge in [-0.15, -0.1) is 0 Å². The van der Waals surface area contributed by atoms with Gasteiger partial charge >= 0.3 is 0 Å². The molecule has 1 rings (SSSR count). The zero-order chi connectivity index (χ0) is 10.0. The van der Waals surface area contributed by atoms with Gasteiger partial charge in [0.05, 0.1) is 12.1 Å². The summed E-state index contributed by atoms with van der Waals surface area (Å²) in [7, 11) is 0. The summed E-state index contributed by atoms with van der Waals surface area (Å²) in [6.07, 6.45) is 1.30. The SMILES string of the molecule is CC1CC(C)C(C)N(C(C)C#N)C1. The van der Waals surface area contributed by atoms with E-state index in [0.717, 1.165) is 18.4 Å². The molecule has 13 heavy (non-hydrogen) atoms. The molecule has 4 atom stereocenters. The van der Waals surface area contributed by atoms with Crippen LogP contribution in [0, 0.1) is 23.2 Å². The maximum Gasteiger partial charge on any atom is 0.0951 e. The van der Waals surface area contributed by atoms with Gasteiger partial charge in [0.15, 0.2) is 0 Å². The van der Waals surface area contributed by atoms with Gasteiger partial charge in [-0.3, -0.25) is 4.90 Å². The van der Waals surface area contributed by atoms with Crippen LogP contribution < -0.4 is 0 Å². The number of nitrogens with zero attached hydrogens (tertiary/aromatic N) is 2. The summed E-state index contributed by atoms with van der Waals surface area (Å²) >= 11 is 0. The molecule has 4 unspecified atom stereocenters.